The summed E-state index contributed by atoms with van der Waals surface area (Å²) in [6, 6.07) is 2.01. The van der Waals surface area contributed by atoms with Crippen LogP contribution in [-0.2, 0) is 16.1 Å². The zero-order valence-electron chi connectivity index (χ0n) is 13.0. The molecule has 8 nitrogen and oxygen atoms in total. The van der Waals surface area contributed by atoms with Crippen LogP contribution in [0.2, 0.25) is 0 Å². The lowest BCUT2D eigenvalue weighted by Crippen LogP contribution is -2.11. The number of hydrogen-bond acceptors (Lipinski definition) is 8. The van der Waals surface area contributed by atoms with E-state index in [0.29, 0.717) is 18.3 Å². The Morgan fingerprint density at radius 1 is 1.48 bits per heavy atom. The first-order valence-electron chi connectivity index (χ1n) is 7.52. The smallest absolute Gasteiger partial charge is 0.156 e. The summed E-state index contributed by atoms with van der Waals surface area (Å²) < 4.78 is 10.6. The third kappa shape index (κ3) is 4.63. The third-order valence-electron chi connectivity index (χ3n) is 3.46. The normalized spacial score (nSPS) is 17.5. The Morgan fingerprint density at radius 3 is 3.17 bits per heavy atom. The van der Waals surface area contributed by atoms with Gasteiger partial charge in [-0.15, -0.1) is 16.9 Å². The van der Waals surface area contributed by atoms with Crippen molar-refractivity contribution in [2.45, 2.75) is 24.0 Å². The molecule has 2 aromatic rings. The molecular weight excluding hydrogens is 316 g/mol. The minimum Gasteiger partial charge on any atom is -0.381 e. The lowest BCUT2D eigenvalue weighted by atomic mass is 10.0. The van der Waals surface area contributed by atoms with Crippen LogP contribution in [0.25, 0.3) is 0 Å². The molecule has 1 aliphatic heterocycles. The number of ether oxygens (including phenoxy) is 2. The van der Waals surface area contributed by atoms with Gasteiger partial charge in [0.2, 0.25) is 0 Å². The van der Waals surface area contributed by atoms with E-state index in [1.54, 1.807) is 25.1 Å². The fraction of sp³-hybridized carbons (Fsp3) is 0.571. The fourth-order valence-electron chi connectivity index (χ4n) is 2.37. The molecule has 2 N–H and O–H groups in total. The van der Waals surface area contributed by atoms with Gasteiger partial charge in [-0.25, -0.2) is 9.97 Å². The summed E-state index contributed by atoms with van der Waals surface area (Å²) in [6.45, 7) is 2.71. The van der Waals surface area contributed by atoms with Gasteiger partial charge in [0.15, 0.2) is 5.82 Å². The molecule has 0 bridgehead atoms. The summed E-state index contributed by atoms with van der Waals surface area (Å²) in [5.74, 6) is 2.75. The molecule has 3 rings (SSSR count). The predicted molar refractivity (Wildman–Crippen MR) is 86.5 cm³/mol. The van der Waals surface area contributed by atoms with E-state index >= 15 is 0 Å². The van der Waals surface area contributed by atoms with E-state index in [2.05, 4.69) is 30.7 Å². The zero-order chi connectivity index (χ0) is 15.9. The van der Waals surface area contributed by atoms with Crippen LogP contribution in [0, 0.1) is 0 Å². The largest absolute Gasteiger partial charge is 0.381 e. The Kier molecular flexibility index (Phi) is 5.78. The molecule has 1 saturated heterocycles. The molecule has 0 unspecified atom stereocenters. The predicted octanol–water partition coefficient (Wildman–Crippen LogP) is 1.45. The third-order valence-corrected chi connectivity index (χ3v) is 4.37. The molecule has 2 aromatic heterocycles. The highest BCUT2D eigenvalue weighted by Gasteiger charge is 2.20. The van der Waals surface area contributed by atoms with Crippen molar-refractivity contribution < 1.29 is 9.47 Å². The van der Waals surface area contributed by atoms with E-state index in [0.717, 1.165) is 48.5 Å². The fourth-order valence-corrected chi connectivity index (χ4v) is 3.02. The summed E-state index contributed by atoms with van der Waals surface area (Å²) in [7, 11) is 1.65. The van der Waals surface area contributed by atoms with Crippen LogP contribution in [-0.4, -0.2) is 58.0 Å². The van der Waals surface area contributed by atoms with Crippen LogP contribution in [0.15, 0.2) is 17.3 Å². The molecule has 0 aliphatic carbocycles. The molecule has 1 atom stereocenters. The van der Waals surface area contributed by atoms with Crippen LogP contribution in [0.5, 0.6) is 0 Å². The molecule has 0 radical (unpaired) electrons. The first kappa shape index (κ1) is 16.2. The zero-order valence-corrected chi connectivity index (χ0v) is 13.8. The van der Waals surface area contributed by atoms with Gasteiger partial charge in [-0.2, -0.15) is 10.3 Å². The van der Waals surface area contributed by atoms with E-state index in [1.165, 1.54) is 0 Å². The number of aromatic amines is 1. The standard InChI is InChI=1S/C14H20N6O2S/c1-21-9-13-17-11(10-2-4-22-8-10)6-12(18-13)15-3-5-23-14-7-16-20-19-14/h6-7,10H,2-5,8-9H2,1H3,(H,15,17,18)(H,16,19,20)/t10-/m0/s1. The number of anilines is 1. The van der Waals surface area contributed by atoms with Crippen molar-refractivity contribution in [1.29, 1.82) is 0 Å². The van der Waals surface area contributed by atoms with E-state index in [1.807, 2.05) is 6.07 Å². The van der Waals surface area contributed by atoms with Gasteiger partial charge in [-0.05, 0) is 6.42 Å². The lowest BCUT2D eigenvalue weighted by Gasteiger charge is -2.12. The van der Waals surface area contributed by atoms with Crippen LogP contribution in [0.1, 0.15) is 23.9 Å². The number of H-pyrrole nitrogens is 1. The highest BCUT2D eigenvalue weighted by Crippen LogP contribution is 2.25. The van der Waals surface area contributed by atoms with Gasteiger partial charge in [-0.1, -0.05) is 0 Å². The van der Waals surface area contributed by atoms with E-state index in [-0.39, 0.29) is 0 Å². The summed E-state index contributed by atoms with van der Waals surface area (Å²) in [5, 5.41) is 14.6. The number of methoxy groups -OCH3 is 1. The van der Waals surface area contributed by atoms with Gasteiger partial charge >= 0.3 is 0 Å². The maximum atomic E-state index is 5.46. The Balaban J connectivity index is 1.60. The average molecular weight is 336 g/mol. The summed E-state index contributed by atoms with van der Waals surface area (Å²) in [6.07, 6.45) is 2.72. The van der Waals surface area contributed by atoms with Gasteiger partial charge in [0.05, 0.1) is 18.5 Å². The number of rotatable bonds is 8. The van der Waals surface area contributed by atoms with E-state index in [4.69, 9.17) is 9.47 Å². The van der Waals surface area contributed by atoms with Crippen molar-refractivity contribution in [3.8, 4) is 0 Å². The van der Waals surface area contributed by atoms with Crippen LogP contribution in [0.4, 0.5) is 5.82 Å². The molecule has 0 amide bonds. The van der Waals surface area contributed by atoms with E-state index in [9.17, 15) is 0 Å². The second-order valence-corrected chi connectivity index (χ2v) is 6.29. The van der Waals surface area contributed by atoms with Crippen molar-refractivity contribution in [3.05, 3.63) is 23.8 Å². The first-order valence-corrected chi connectivity index (χ1v) is 8.50. The Hall–Kier alpha value is -1.71. The average Bonchev–Trinajstić information content (AvgIpc) is 3.25. The molecule has 3 heterocycles. The topological polar surface area (TPSA) is 97.8 Å². The van der Waals surface area contributed by atoms with Gasteiger partial charge in [0, 0.05) is 38.0 Å². The molecule has 0 aromatic carbocycles. The molecule has 0 saturated carbocycles. The molecule has 1 aliphatic rings. The SMILES string of the molecule is COCc1nc(NCCSc2cn[nH]n2)cc([C@H]2CCOC2)n1. The van der Waals surface area contributed by atoms with E-state index < -0.39 is 0 Å². The highest BCUT2D eigenvalue weighted by molar-refractivity contribution is 7.99. The van der Waals surface area contributed by atoms with Crippen molar-refractivity contribution in [3.63, 3.8) is 0 Å². The van der Waals surface area contributed by atoms with Crippen LogP contribution >= 0.6 is 11.8 Å². The second-order valence-electron chi connectivity index (χ2n) is 5.17. The van der Waals surface area contributed by atoms with Crippen molar-refractivity contribution in [1.82, 2.24) is 25.4 Å². The van der Waals surface area contributed by atoms with Gasteiger partial charge in [-0.3, -0.25) is 0 Å². The van der Waals surface area contributed by atoms with Crippen LogP contribution in [0.3, 0.4) is 0 Å². The molecule has 1 fully saturated rings. The highest BCUT2D eigenvalue weighted by atomic mass is 32.2. The Bertz CT molecular complexity index is 603. The summed E-state index contributed by atoms with van der Waals surface area (Å²) >= 11 is 1.63. The quantitative estimate of drug-likeness (QED) is 0.552. The summed E-state index contributed by atoms with van der Waals surface area (Å²) in [4.78, 5) is 9.09. The van der Waals surface area contributed by atoms with Crippen molar-refractivity contribution >= 4 is 17.6 Å². The minimum absolute atomic E-state index is 0.346. The number of aromatic nitrogens is 5. The van der Waals surface area contributed by atoms with Gasteiger partial charge < -0.3 is 14.8 Å². The number of hydrogen-bond donors (Lipinski definition) is 2. The number of nitrogens with one attached hydrogen (secondary N) is 2. The maximum absolute atomic E-state index is 5.46. The minimum atomic E-state index is 0.346. The monoisotopic (exact) mass is 336 g/mol. The second kappa shape index (κ2) is 8.23. The lowest BCUT2D eigenvalue weighted by molar-refractivity contribution is 0.177. The van der Waals surface area contributed by atoms with Crippen molar-refractivity contribution in [2.75, 3.05) is 37.9 Å². The number of nitrogens with zero attached hydrogens (tertiary/aromatic N) is 4. The Labute approximate surface area is 138 Å². The first-order chi connectivity index (χ1) is 11.3. The maximum Gasteiger partial charge on any atom is 0.156 e. The van der Waals surface area contributed by atoms with Gasteiger partial charge in [0.1, 0.15) is 17.5 Å². The molecule has 9 heteroatoms. The molecule has 124 valence electrons. The van der Waals surface area contributed by atoms with Crippen molar-refractivity contribution in [2.24, 2.45) is 0 Å². The molecule has 23 heavy (non-hydrogen) atoms. The molecule has 0 spiro atoms. The summed E-state index contributed by atoms with van der Waals surface area (Å²) in [5.41, 5.74) is 1.02. The Morgan fingerprint density at radius 2 is 2.43 bits per heavy atom. The van der Waals surface area contributed by atoms with Gasteiger partial charge in [0.25, 0.3) is 0 Å². The molecular formula is C14H20N6O2S. The number of thioether (sulfide) groups is 1. The van der Waals surface area contributed by atoms with Crippen LogP contribution < -0.4 is 5.32 Å².